The van der Waals surface area contributed by atoms with Gasteiger partial charge >= 0.3 is 0 Å². The molecule has 0 saturated heterocycles. The van der Waals surface area contributed by atoms with Gasteiger partial charge in [0.2, 0.25) is 5.95 Å². The Bertz CT molecular complexity index is 751. The first-order valence-electron chi connectivity index (χ1n) is 8.81. The normalized spacial score (nSPS) is 13.5. The lowest BCUT2D eigenvalue weighted by molar-refractivity contribution is 0.353. The summed E-state index contributed by atoms with van der Waals surface area (Å²) < 4.78 is 10.9. The summed E-state index contributed by atoms with van der Waals surface area (Å²) in [5, 5.41) is 3.28. The first-order valence-corrected chi connectivity index (χ1v) is 8.81. The molecule has 7 nitrogen and oxygen atoms in total. The summed E-state index contributed by atoms with van der Waals surface area (Å²) in [6, 6.07) is 6.11. The number of aromatic nitrogens is 2. The van der Waals surface area contributed by atoms with Crippen LogP contribution in [0.25, 0.3) is 0 Å². The van der Waals surface area contributed by atoms with Gasteiger partial charge in [0, 0.05) is 32.4 Å². The van der Waals surface area contributed by atoms with Gasteiger partial charge in [-0.1, -0.05) is 0 Å². The number of nitrogens with zero attached hydrogens (tertiary/aromatic N) is 4. The summed E-state index contributed by atoms with van der Waals surface area (Å²) in [5.41, 5.74) is 2.55. The number of likely N-dealkylation sites (N-methyl/N-ethyl adjacent to an activating group) is 1. The maximum absolute atomic E-state index is 5.44. The molecule has 0 fully saturated rings. The molecule has 1 aliphatic heterocycles. The number of rotatable bonds is 7. The lowest BCUT2D eigenvalue weighted by Gasteiger charge is -2.30. The second-order valence-electron chi connectivity index (χ2n) is 6.62. The van der Waals surface area contributed by atoms with Crippen molar-refractivity contribution in [2.45, 2.75) is 13.0 Å². The van der Waals surface area contributed by atoms with Crippen molar-refractivity contribution in [3.63, 3.8) is 0 Å². The zero-order valence-electron chi connectivity index (χ0n) is 16.0. The molecule has 1 aliphatic rings. The molecule has 0 radical (unpaired) electrons. The van der Waals surface area contributed by atoms with Gasteiger partial charge in [0.15, 0.2) is 11.5 Å². The van der Waals surface area contributed by atoms with Crippen molar-refractivity contribution < 1.29 is 9.47 Å². The van der Waals surface area contributed by atoms with E-state index in [9.17, 15) is 0 Å². The van der Waals surface area contributed by atoms with Crippen LogP contribution in [-0.4, -0.2) is 62.8 Å². The highest BCUT2D eigenvalue weighted by molar-refractivity contribution is 5.52. The van der Waals surface area contributed by atoms with Crippen LogP contribution in [0.5, 0.6) is 11.5 Å². The zero-order valence-corrected chi connectivity index (χ0v) is 16.0. The molecule has 1 aromatic carbocycles. The highest BCUT2D eigenvalue weighted by Gasteiger charge is 2.20. The molecule has 7 heteroatoms. The molecular formula is C19H27N5O2. The number of nitrogens with one attached hydrogen (secondary N) is 1. The fraction of sp³-hybridized carbons (Fsp3) is 0.474. The van der Waals surface area contributed by atoms with Crippen LogP contribution >= 0.6 is 0 Å². The number of methoxy groups -OCH3 is 2. The smallest absolute Gasteiger partial charge is 0.224 e. The molecular weight excluding hydrogens is 330 g/mol. The van der Waals surface area contributed by atoms with Gasteiger partial charge in [-0.25, -0.2) is 4.98 Å². The number of hydrogen-bond acceptors (Lipinski definition) is 7. The summed E-state index contributed by atoms with van der Waals surface area (Å²) in [7, 11) is 7.44. The second-order valence-corrected chi connectivity index (χ2v) is 6.62. The van der Waals surface area contributed by atoms with E-state index in [1.54, 1.807) is 14.2 Å². The lowest BCUT2D eigenvalue weighted by atomic mass is 9.99. The lowest BCUT2D eigenvalue weighted by Crippen LogP contribution is -2.31. The Hall–Kier alpha value is -2.54. The first-order chi connectivity index (χ1) is 12.6. The van der Waals surface area contributed by atoms with Crippen LogP contribution < -0.4 is 19.7 Å². The standard InChI is InChI=1S/C19H27N5O2/c1-23(2)10-8-21-19-20-7-5-18(22-19)24-9-6-14-11-16(25-3)17(26-4)12-15(14)13-24/h5,7,11-12H,6,8-10,13H2,1-4H3,(H,20,21,22). The highest BCUT2D eigenvalue weighted by atomic mass is 16.5. The summed E-state index contributed by atoms with van der Waals surface area (Å²) in [6.45, 7) is 3.46. The summed E-state index contributed by atoms with van der Waals surface area (Å²) >= 11 is 0. The van der Waals surface area contributed by atoms with Crippen molar-refractivity contribution >= 4 is 11.8 Å². The molecule has 1 aromatic heterocycles. The predicted molar refractivity (Wildman–Crippen MR) is 103 cm³/mol. The largest absolute Gasteiger partial charge is 0.493 e. The van der Waals surface area contributed by atoms with Crippen LogP contribution in [0.1, 0.15) is 11.1 Å². The van der Waals surface area contributed by atoms with Crippen molar-refractivity contribution in [3.05, 3.63) is 35.5 Å². The fourth-order valence-electron chi connectivity index (χ4n) is 3.08. The Balaban J connectivity index is 1.74. The Kier molecular flexibility index (Phi) is 5.78. The van der Waals surface area contributed by atoms with Gasteiger partial charge in [0.1, 0.15) is 5.82 Å². The SMILES string of the molecule is COc1cc2c(cc1OC)CN(c1ccnc(NCCN(C)C)n1)CC2. The number of anilines is 2. The van der Waals surface area contributed by atoms with E-state index in [1.165, 1.54) is 11.1 Å². The summed E-state index contributed by atoms with van der Waals surface area (Å²) in [4.78, 5) is 13.4. The highest BCUT2D eigenvalue weighted by Crippen LogP contribution is 2.34. The molecule has 0 atom stereocenters. The van der Waals surface area contributed by atoms with Crippen molar-refractivity contribution in [3.8, 4) is 11.5 Å². The minimum atomic E-state index is 0.669. The van der Waals surface area contributed by atoms with E-state index < -0.39 is 0 Å². The van der Waals surface area contributed by atoms with E-state index in [4.69, 9.17) is 9.47 Å². The van der Waals surface area contributed by atoms with Crippen LogP contribution in [0.3, 0.4) is 0 Å². The van der Waals surface area contributed by atoms with Crippen LogP contribution in [0, 0.1) is 0 Å². The number of ether oxygens (including phenoxy) is 2. The predicted octanol–water partition coefficient (Wildman–Crippen LogP) is 2.03. The van der Waals surface area contributed by atoms with Crippen molar-refractivity contribution in [1.82, 2.24) is 14.9 Å². The molecule has 1 N–H and O–H groups in total. The van der Waals surface area contributed by atoms with Crippen LogP contribution in [0.2, 0.25) is 0 Å². The molecule has 0 bridgehead atoms. The van der Waals surface area contributed by atoms with Gasteiger partial charge in [-0.15, -0.1) is 0 Å². The minimum absolute atomic E-state index is 0.669. The molecule has 26 heavy (non-hydrogen) atoms. The number of hydrogen-bond donors (Lipinski definition) is 1. The van der Waals surface area contributed by atoms with Crippen LogP contribution in [-0.2, 0) is 13.0 Å². The van der Waals surface area contributed by atoms with E-state index in [0.29, 0.717) is 5.95 Å². The van der Waals surface area contributed by atoms with E-state index in [-0.39, 0.29) is 0 Å². The van der Waals surface area contributed by atoms with Gasteiger partial charge in [-0.3, -0.25) is 0 Å². The molecule has 0 unspecified atom stereocenters. The van der Waals surface area contributed by atoms with Gasteiger partial charge in [-0.05, 0) is 49.8 Å². The minimum Gasteiger partial charge on any atom is -0.493 e. The van der Waals surface area contributed by atoms with Crippen molar-refractivity contribution in [2.75, 3.05) is 58.2 Å². The van der Waals surface area contributed by atoms with Crippen molar-refractivity contribution in [2.24, 2.45) is 0 Å². The molecule has 140 valence electrons. The van der Waals surface area contributed by atoms with Gasteiger partial charge in [0.25, 0.3) is 0 Å². The van der Waals surface area contributed by atoms with E-state index in [1.807, 2.05) is 26.4 Å². The Morgan fingerprint density at radius 3 is 2.58 bits per heavy atom. The Morgan fingerprint density at radius 1 is 1.15 bits per heavy atom. The summed E-state index contributed by atoms with van der Waals surface area (Å²) in [5.74, 6) is 3.16. The Morgan fingerprint density at radius 2 is 1.88 bits per heavy atom. The number of benzene rings is 1. The third kappa shape index (κ3) is 4.16. The van der Waals surface area contributed by atoms with Gasteiger partial charge in [-0.2, -0.15) is 4.98 Å². The monoisotopic (exact) mass is 357 g/mol. The second kappa shape index (κ2) is 8.23. The maximum atomic E-state index is 5.44. The summed E-state index contributed by atoms with van der Waals surface area (Å²) in [6.07, 6.45) is 2.76. The first kappa shape index (κ1) is 18.3. The average Bonchev–Trinajstić information content (AvgIpc) is 2.66. The third-order valence-corrected chi connectivity index (χ3v) is 4.53. The van der Waals surface area contributed by atoms with Gasteiger partial charge in [0.05, 0.1) is 14.2 Å². The molecule has 3 rings (SSSR count). The molecule has 0 aliphatic carbocycles. The van der Waals surface area contributed by atoms with E-state index >= 15 is 0 Å². The van der Waals surface area contributed by atoms with E-state index in [0.717, 1.165) is 49.9 Å². The number of fused-ring (bicyclic) bond motifs is 1. The Labute approximate surface area is 155 Å². The van der Waals surface area contributed by atoms with Crippen molar-refractivity contribution in [1.29, 1.82) is 0 Å². The van der Waals surface area contributed by atoms with E-state index in [2.05, 4.69) is 37.2 Å². The molecule has 0 saturated carbocycles. The molecule has 2 heterocycles. The quantitative estimate of drug-likeness (QED) is 0.813. The zero-order chi connectivity index (χ0) is 18.5. The van der Waals surface area contributed by atoms with Crippen LogP contribution in [0.4, 0.5) is 11.8 Å². The average molecular weight is 357 g/mol. The third-order valence-electron chi connectivity index (χ3n) is 4.53. The van der Waals surface area contributed by atoms with Crippen LogP contribution in [0.15, 0.2) is 24.4 Å². The topological polar surface area (TPSA) is 62.8 Å². The fourth-order valence-corrected chi connectivity index (χ4v) is 3.08. The molecule has 2 aromatic rings. The molecule has 0 amide bonds. The van der Waals surface area contributed by atoms with Gasteiger partial charge < -0.3 is 24.6 Å². The molecule has 0 spiro atoms. The maximum Gasteiger partial charge on any atom is 0.224 e.